The van der Waals surface area contributed by atoms with E-state index in [-0.39, 0.29) is 5.75 Å². The molecule has 2 aromatic rings. The van der Waals surface area contributed by atoms with Gasteiger partial charge in [-0.15, -0.1) is 0 Å². The molecule has 0 saturated heterocycles. The molecule has 2 nitrogen and oxygen atoms in total. The third kappa shape index (κ3) is 3.33. The molecule has 0 aliphatic rings. The summed E-state index contributed by atoms with van der Waals surface area (Å²) in [6.45, 7) is 0. The van der Waals surface area contributed by atoms with Crippen molar-refractivity contribution in [1.82, 2.24) is 0 Å². The summed E-state index contributed by atoms with van der Waals surface area (Å²) in [6.07, 6.45) is 0.613. The molecule has 17 heavy (non-hydrogen) atoms. The van der Waals surface area contributed by atoms with E-state index in [0.29, 0.717) is 12.8 Å². The van der Waals surface area contributed by atoms with Crippen LogP contribution in [0.5, 0.6) is 5.75 Å². The number of phenolic OH excluding ortho intramolecular Hbond substituents is 1. The predicted octanol–water partition coefficient (Wildman–Crippen LogP) is 2.54. The average molecular weight is 228 g/mol. The minimum absolute atomic E-state index is 0.250. The topological polar surface area (TPSA) is 40.5 Å². The van der Waals surface area contributed by atoms with Gasteiger partial charge in [0, 0.05) is 6.42 Å². The van der Waals surface area contributed by atoms with Gasteiger partial charge in [-0.05, 0) is 23.6 Å². The zero-order valence-electron chi connectivity index (χ0n) is 9.58. The molecule has 0 fully saturated rings. The third-order valence-corrected chi connectivity index (χ3v) is 2.76. The number of rotatable bonds is 4. The summed E-state index contributed by atoms with van der Waals surface area (Å²) < 4.78 is 0. The highest BCUT2D eigenvalue weighted by Crippen LogP contribution is 2.18. The molecule has 0 aliphatic carbocycles. The number of hydrogen-bond donors (Lipinski definition) is 2. The minimum atomic E-state index is -0.467. The average Bonchev–Trinajstić information content (AvgIpc) is 2.33. The van der Waals surface area contributed by atoms with Gasteiger partial charge < -0.3 is 10.2 Å². The van der Waals surface area contributed by atoms with Gasteiger partial charge in [0.1, 0.15) is 5.75 Å². The van der Waals surface area contributed by atoms with E-state index in [1.165, 1.54) is 0 Å². The molecule has 0 saturated carbocycles. The molecule has 0 aromatic heterocycles. The van der Waals surface area contributed by atoms with E-state index >= 15 is 0 Å². The Balaban J connectivity index is 1.98. The first-order valence-electron chi connectivity index (χ1n) is 5.74. The highest BCUT2D eigenvalue weighted by Gasteiger charge is 2.09. The largest absolute Gasteiger partial charge is 0.508 e. The van der Waals surface area contributed by atoms with Gasteiger partial charge in [0.2, 0.25) is 0 Å². The lowest BCUT2D eigenvalue weighted by molar-refractivity contribution is 0.174. The Hall–Kier alpha value is -1.80. The molecule has 0 radical (unpaired) electrons. The summed E-state index contributed by atoms with van der Waals surface area (Å²) >= 11 is 0. The van der Waals surface area contributed by atoms with Crippen molar-refractivity contribution in [2.24, 2.45) is 0 Å². The van der Waals surface area contributed by atoms with Gasteiger partial charge in [0.05, 0.1) is 6.10 Å². The summed E-state index contributed by atoms with van der Waals surface area (Å²) in [6, 6.07) is 17.0. The number of phenols is 1. The first-order valence-corrected chi connectivity index (χ1v) is 5.74. The van der Waals surface area contributed by atoms with E-state index in [9.17, 15) is 10.2 Å². The molecule has 0 heterocycles. The molecule has 2 heteroatoms. The van der Waals surface area contributed by atoms with Crippen molar-refractivity contribution in [3.63, 3.8) is 0 Å². The first-order chi connectivity index (χ1) is 8.25. The highest BCUT2D eigenvalue weighted by molar-refractivity contribution is 5.32. The maximum atomic E-state index is 9.97. The van der Waals surface area contributed by atoms with Crippen molar-refractivity contribution in [3.8, 4) is 5.75 Å². The predicted molar refractivity (Wildman–Crippen MR) is 68.0 cm³/mol. The molecule has 2 N–H and O–H groups in total. The molecule has 88 valence electrons. The Labute approximate surface area is 101 Å². The molecule has 0 amide bonds. The summed E-state index contributed by atoms with van der Waals surface area (Å²) in [5.74, 6) is 0.250. The number of aliphatic hydroxyl groups excluding tert-OH is 1. The molecule has 2 rings (SSSR count). The Morgan fingerprint density at radius 2 is 1.47 bits per heavy atom. The molecule has 2 aromatic carbocycles. The Bertz CT molecular complexity index is 465. The fourth-order valence-corrected chi connectivity index (χ4v) is 1.90. The van der Waals surface area contributed by atoms with Crippen LogP contribution in [0, 0.1) is 0 Å². The maximum Gasteiger partial charge on any atom is 0.118 e. The number of para-hydroxylation sites is 1. The normalized spacial score (nSPS) is 12.3. The summed E-state index contributed by atoms with van der Waals surface area (Å²) in [5.41, 5.74) is 1.89. The van der Waals surface area contributed by atoms with Crippen LogP contribution in [0.2, 0.25) is 0 Å². The SMILES string of the molecule is Oc1ccccc1CC(O)Cc1ccccc1. The zero-order valence-corrected chi connectivity index (χ0v) is 9.58. The van der Waals surface area contributed by atoms with E-state index in [4.69, 9.17) is 0 Å². The zero-order chi connectivity index (χ0) is 12.1. The van der Waals surface area contributed by atoms with Crippen molar-refractivity contribution in [2.75, 3.05) is 0 Å². The van der Waals surface area contributed by atoms with Crippen LogP contribution in [0.1, 0.15) is 11.1 Å². The monoisotopic (exact) mass is 228 g/mol. The van der Waals surface area contributed by atoms with E-state index in [2.05, 4.69) is 0 Å². The van der Waals surface area contributed by atoms with Crippen LogP contribution in [0.3, 0.4) is 0 Å². The van der Waals surface area contributed by atoms with E-state index in [0.717, 1.165) is 11.1 Å². The van der Waals surface area contributed by atoms with Gasteiger partial charge in [-0.25, -0.2) is 0 Å². The molecule has 1 atom stereocenters. The van der Waals surface area contributed by atoms with E-state index in [1.54, 1.807) is 12.1 Å². The van der Waals surface area contributed by atoms with Crippen molar-refractivity contribution in [2.45, 2.75) is 18.9 Å². The smallest absolute Gasteiger partial charge is 0.118 e. The molecular weight excluding hydrogens is 212 g/mol. The standard InChI is InChI=1S/C15H16O2/c16-14(10-12-6-2-1-3-7-12)11-13-8-4-5-9-15(13)17/h1-9,14,16-17H,10-11H2. The molecule has 0 aliphatic heterocycles. The first kappa shape index (κ1) is 11.7. The van der Waals surface area contributed by atoms with Gasteiger partial charge >= 0.3 is 0 Å². The van der Waals surface area contributed by atoms with Gasteiger partial charge in [-0.1, -0.05) is 48.5 Å². The Morgan fingerprint density at radius 1 is 0.824 bits per heavy atom. The fourth-order valence-electron chi connectivity index (χ4n) is 1.90. The number of aliphatic hydroxyl groups is 1. The number of benzene rings is 2. The van der Waals surface area contributed by atoms with Crippen LogP contribution < -0.4 is 0 Å². The van der Waals surface area contributed by atoms with Gasteiger partial charge in [0.25, 0.3) is 0 Å². The van der Waals surface area contributed by atoms with Gasteiger partial charge in [0.15, 0.2) is 0 Å². The van der Waals surface area contributed by atoms with Gasteiger partial charge in [-0.3, -0.25) is 0 Å². The second-order valence-corrected chi connectivity index (χ2v) is 4.18. The van der Waals surface area contributed by atoms with Crippen LogP contribution in [0.15, 0.2) is 54.6 Å². The number of hydrogen-bond acceptors (Lipinski definition) is 2. The summed E-state index contributed by atoms with van der Waals surface area (Å²) in [5, 5.41) is 19.6. The van der Waals surface area contributed by atoms with E-state index in [1.807, 2.05) is 42.5 Å². The molecule has 1 unspecified atom stereocenters. The van der Waals surface area contributed by atoms with Crippen LogP contribution >= 0.6 is 0 Å². The maximum absolute atomic E-state index is 9.97. The van der Waals surface area contributed by atoms with Crippen LogP contribution in [-0.2, 0) is 12.8 Å². The van der Waals surface area contributed by atoms with Crippen molar-refractivity contribution >= 4 is 0 Å². The summed E-state index contributed by atoms with van der Waals surface area (Å²) in [4.78, 5) is 0. The number of aromatic hydroxyl groups is 1. The summed E-state index contributed by atoms with van der Waals surface area (Å²) in [7, 11) is 0. The Morgan fingerprint density at radius 3 is 2.18 bits per heavy atom. The Kier molecular flexibility index (Phi) is 3.78. The second-order valence-electron chi connectivity index (χ2n) is 4.18. The van der Waals surface area contributed by atoms with Crippen LogP contribution in [0.25, 0.3) is 0 Å². The van der Waals surface area contributed by atoms with Crippen LogP contribution in [-0.4, -0.2) is 16.3 Å². The quantitative estimate of drug-likeness (QED) is 0.844. The van der Waals surface area contributed by atoms with Crippen LogP contribution in [0.4, 0.5) is 0 Å². The fraction of sp³-hybridized carbons (Fsp3) is 0.200. The lowest BCUT2D eigenvalue weighted by Gasteiger charge is -2.11. The lowest BCUT2D eigenvalue weighted by atomic mass is 10.0. The second kappa shape index (κ2) is 5.51. The van der Waals surface area contributed by atoms with E-state index < -0.39 is 6.10 Å². The van der Waals surface area contributed by atoms with Crippen molar-refractivity contribution in [1.29, 1.82) is 0 Å². The van der Waals surface area contributed by atoms with Crippen molar-refractivity contribution < 1.29 is 10.2 Å². The van der Waals surface area contributed by atoms with Gasteiger partial charge in [-0.2, -0.15) is 0 Å². The minimum Gasteiger partial charge on any atom is -0.508 e. The van der Waals surface area contributed by atoms with Crippen molar-refractivity contribution in [3.05, 3.63) is 65.7 Å². The lowest BCUT2D eigenvalue weighted by Crippen LogP contribution is -2.13. The molecular formula is C15H16O2. The third-order valence-electron chi connectivity index (χ3n) is 2.76. The molecule has 0 spiro atoms. The highest BCUT2D eigenvalue weighted by atomic mass is 16.3. The molecule has 0 bridgehead atoms.